The molecule has 0 fully saturated rings. The molecule has 0 bridgehead atoms. The van der Waals surface area contributed by atoms with Crippen LogP contribution in [0.25, 0.3) is 0 Å². The van der Waals surface area contributed by atoms with Crippen LogP contribution in [-0.4, -0.2) is 35.1 Å². The normalized spacial score (nSPS) is 11.8. The van der Waals surface area contributed by atoms with Crippen LogP contribution in [0.15, 0.2) is 24.3 Å². The molecular weight excluding hydrogens is 271 g/mol. The van der Waals surface area contributed by atoms with Gasteiger partial charge in [0.1, 0.15) is 0 Å². The fourth-order valence-electron chi connectivity index (χ4n) is 1.91. The third kappa shape index (κ3) is 4.52. The molecule has 0 saturated carbocycles. The Morgan fingerprint density at radius 2 is 2.00 bits per heavy atom. The Balaban J connectivity index is 2.85. The first kappa shape index (κ1) is 16.5. The van der Waals surface area contributed by atoms with Gasteiger partial charge in [0.05, 0.1) is 18.6 Å². The molecular formula is C14H18F3NO2. The summed E-state index contributed by atoms with van der Waals surface area (Å²) >= 11 is 0. The molecule has 1 rings (SSSR count). The molecule has 6 heteroatoms. The summed E-state index contributed by atoms with van der Waals surface area (Å²) in [7, 11) is 0. The van der Waals surface area contributed by atoms with Crippen molar-refractivity contribution in [3.05, 3.63) is 35.4 Å². The Morgan fingerprint density at radius 3 is 2.50 bits per heavy atom. The van der Waals surface area contributed by atoms with E-state index >= 15 is 0 Å². The molecule has 0 aromatic heterocycles. The van der Waals surface area contributed by atoms with E-state index in [9.17, 15) is 18.0 Å². The zero-order valence-corrected chi connectivity index (χ0v) is 11.4. The predicted molar refractivity (Wildman–Crippen MR) is 69.1 cm³/mol. The average molecular weight is 289 g/mol. The summed E-state index contributed by atoms with van der Waals surface area (Å²) in [4.78, 5) is 13.5. The second-order valence-corrected chi connectivity index (χ2v) is 4.78. The summed E-state index contributed by atoms with van der Waals surface area (Å²) in [5.74, 6) is -0.298. The van der Waals surface area contributed by atoms with Crippen molar-refractivity contribution >= 4 is 5.91 Å². The number of aliphatic hydroxyl groups excluding tert-OH is 1. The summed E-state index contributed by atoms with van der Waals surface area (Å²) in [6.45, 7) is 3.58. The molecule has 1 aromatic rings. The number of hydrogen-bond acceptors (Lipinski definition) is 2. The molecule has 0 aliphatic rings. The number of aliphatic hydroxyl groups is 1. The molecule has 1 aromatic carbocycles. The average Bonchev–Trinajstić information content (AvgIpc) is 2.34. The van der Waals surface area contributed by atoms with Crippen LogP contribution < -0.4 is 0 Å². The summed E-state index contributed by atoms with van der Waals surface area (Å²) in [6, 6.07) is 4.62. The van der Waals surface area contributed by atoms with E-state index in [0.29, 0.717) is 5.56 Å². The Kier molecular flexibility index (Phi) is 5.56. The zero-order valence-electron chi connectivity index (χ0n) is 11.4. The maximum atomic E-state index is 12.6. The van der Waals surface area contributed by atoms with Crippen molar-refractivity contribution in [3.8, 4) is 0 Å². The number of rotatable bonds is 5. The van der Waals surface area contributed by atoms with Crippen LogP contribution in [0.5, 0.6) is 0 Å². The van der Waals surface area contributed by atoms with Gasteiger partial charge < -0.3 is 10.0 Å². The first-order valence-electron chi connectivity index (χ1n) is 6.32. The molecule has 0 saturated heterocycles. The van der Waals surface area contributed by atoms with Crippen LogP contribution in [0, 0.1) is 0 Å². The molecule has 0 radical (unpaired) electrons. The van der Waals surface area contributed by atoms with Crippen LogP contribution in [0.4, 0.5) is 13.2 Å². The Labute approximate surface area is 116 Å². The maximum Gasteiger partial charge on any atom is 0.416 e. The maximum absolute atomic E-state index is 12.6. The lowest BCUT2D eigenvalue weighted by Gasteiger charge is -2.26. The second-order valence-electron chi connectivity index (χ2n) is 4.78. The van der Waals surface area contributed by atoms with Crippen LogP contribution in [0.3, 0.4) is 0 Å². The zero-order chi connectivity index (χ0) is 15.3. The fourth-order valence-corrected chi connectivity index (χ4v) is 1.91. The highest BCUT2D eigenvalue weighted by atomic mass is 19.4. The van der Waals surface area contributed by atoms with Crippen molar-refractivity contribution in [2.24, 2.45) is 0 Å². The number of benzene rings is 1. The van der Waals surface area contributed by atoms with E-state index in [1.54, 1.807) is 13.8 Å². The largest absolute Gasteiger partial charge is 0.416 e. The summed E-state index contributed by atoms with van der Waals surface area (Å²) in [5.41, 5.74) is -0.450. The van der Waals surface area contributed by atoms with Gasteiger partial charge in [0, 0.05) is 12.6 Å². The van der Waals surface area contributed by atoms with Gasteiger partial charge in [0.2, 0.25) is 5.91 Å². The van der Waals surface area contributed by atoms with Crippen molar-refractivity contribution in [1.82, 2.24) is 4.90 Å². The number of hydrogen-bond donors (Lipinski definition) is 1. The molecule has 1 N–H and O–H groups in total. The third-order valence-electron chi connectivity index (χ3n) is 2.89. The van der Waals surface area contributed by atoms with E-state index in [4.69, 9.17) is 5.11 Å². The second kappa shape index (κ2) is 6.74. The fraction of sp³-hybridized carbons (Fsp3) is 0.500. The molecule has 0 atom stereocenters. The van der Waals surface area contributed by atoms with Gasteiger partial charge in [-0.25, -0.2) is 0 Å². The lowest BCUT2D eigenvalue weighted by Crippen LogP contribution is -2.39. The highest BCUT2D eigenvalue weighted by Crippen LogP contribution is 2.29. The third-order valence-corrected chi connectivity index (χ3v) is 2.89. The topological polar surface area (TPSA) is 40.5 Å². The number of carbonyl (C=O) groups is 1. The lowest BCUT2D eigenvalue weighted by molar-refractivity contribution is -0.138. The van der Waals surface area contributed by atoms with E-state index in [1.807, 2.05) is 0 Å². The summed E-state index contributed by atoms with van der Waals surface area (Å²) in [6.07, 6.45) is -4.52. The van der Waals surface area contributed by atoms with E-state index in [1.165, 1.54) is 17.0 Å². The minimum Gasteiger partial charge on any atom is -0.395 e. The molecule has 0 spiro atoms. The van der Waals surface area contributed by atoms with Gasteiger partial charge in [-0.2, -0.15) is 13.2 Å². The number of carbonyl (C=O) groups excluding carboxylic acids is 1. The van der Waals surface area contributed by atoms with Crippen LogP contribution in [-0.2, 0) is 17.4 Å². The standard InChI is InChI=1S/C14H18F3NO2/c1-10(2)18(6-7-19)13(20)9-11-4-3-5-12(8-11)14(15,16)17/h3-5,8,10,19H,6-7,9H2,1-2H3. The van der Waals surface area contributed by atoms with Crippen LogP contribution in [0.1, 0.15) is 25.0 Å². The van der Waals surface area contributed by atoms with E-state index in [0.717, 1.165) is 12.1 Å². The first-order valence-corrected chi connectivity index (χ1v) is 6.32. The van der Waals surface area contributed by atoms with Crippen molar-refractivity contribution < 1.29 is 23.1 Å². The quantitative estimate of drug-likeness (QED) is 0.904. The Bertz CT molecular complexity index is 458. The molecule has 0 aliphatic heterocycles. The van der Waals surface area contributed by atoms with E-state index in [-0.39, 0.29) is 31.5 Å². The number of amides is 1. The van der Waals surface area contributed by atoms with Gasteiger partial charge in [0.15, 0.2) is 0 Å². The van der Waals surface area contributed by atoms with Gasteiger partial charge >= 0.3 is 6.18 Å². The van der Waals surface area contributed by atoms with E-state index in [2.05, 4.69) is 0 Å². The van der Waals surface area contributed by atoms with E-state index < -0.39 is 11.7 Å². The highest BCUT2D eigenvalue weighted by Gasteiger charge is 2.30. The molecule has 0 aliphatic carbocycles. The van der Waals surface area contributed by atoms with Gasteiger partial charge in [-0.3, -0.25) is 4.79 Å². The van der Waals surface area contributed by atoms with Crippen molar-refractivity contribution in [2.45, 2.75) is 32.5 Å². The van der Waals surface area contributed by atoms with Gasteiger partial charge in [-0.1, -0.05) is 18.2 Å². The number of halogens is 3. The molecule has 112 valence electrons. The monoisotopic (exact) mass is 289 g/mol. The van der Waals surface area contributed by atoms with Gasteiger partial charge in [-0.05, 0) is 25.5 Å². The molecule has 1 amide bonds. The smallest absolute Gasteiger partial charge is 0.395 e. The van der Waals surface area contributed by atoms with Crippen LogP contribution in [0.2, 0.25) is 0 Å². The molecule has 20 heavy (non-hydrogen) atoms. The number of nitrogens with zero attached hydrogens (tertiary/aromatic N) is 1. The molecule has 0 heterocycles. The Hall–Kier alpha value is -1.56. The number of alkyl halides is 3. The minimum absolute atomic E-state index is 0.109. The molecule has 3 nitrogen and oxygen atoms in total. The van der Waals surface area contributed by atoms with Gasteiger partial charge in [0.25, 0.3) is 0 Å². The Morgan fingerprint density at radius 1 is 1.35 bits per heavy atom. The predicted octanol–water partition coefficient (Wildman–Crippen LogP) is 2.48. The van der Waals surface area contributed by atoms with Crippen molar-refractivity contribution in [2.75, 3.05) is 13.2 Å². The van der Waals surface area contributed by atoms with Crippen LogP contribution >= 0.6 is 0 Å². The van der Waals surface area contributed by atoms with Crippen molar-refractivity contribution in [1.29, 1.82) is 0 Å². The SMILES string of the molecule is CC(C)N(CCO)C(=O)Cc1cccc(C(F)(F)F)c1. The van der Waals surface area contributed by atoms with Gasteiger partial charge in [-0.15, -0.1) is 0 Å². The van der Waals surface area contributed by atoms with Crippen molar-refractivity contribution in [3.63, 3.8) is 0 Å². The minimum atomic E-state index is -4.41. The first-order chi connectivity index (χ1) is 9.25. The summed E-state index contributed by atoms with van der Waals surface area (Å²) < 4.78 is 37.8. The lowest BCUT2D eigenvalue weighted by atomic mass is 10.1. The summed E-state index contributed by atoms with van der Waals surface area (Å²) in [5, 5.41) is 8.91. The highest BCUT2D eigenvalue weighted by molar-refractivity contribution is 5.79. The molecule has 0 unspecified atom stereocenters.